The van der Waals surface area contributed by atoms with E-state index in [0.717, 1.165) is 60.5 Å². The second-order valence-corrected chi connectivity index (χ2v) is 12.4. The molecular formula is C41H63N3O. The number of allylic oxidation sites excluding steroid dienone is 3. The van der Waals surface area contributed by atoms with Crippen molar-refractivity contribution in [3.8, 4) is 0 Å². The lowest BCUT2D eigenvalue weighted by atomic mass is 10.1. The number of carbonyl (C=O) groups is 1. The van der Waals surface area contributed by atoms with Gasteiger partial charge in [-0.25, -0.2) is 0 Å². The van der Waals surface area contributed by atoms with Gasteiger partial charge in [-0.05, 0) is 120 Å². The van der Waals surface area contributed by atoms with Crippen LogP contribution in [0.3, 0.4) is 0 Å². The fourth-order valence-corrected chi connectivity index (χ4v) is 4.57. The Morgan fingerprint density at radius 3 is 1.98 bits per heavy atom. The van der Waals surface area contributed by atoms with Crippen LogP contribution in [0.25, 0.3) is 0 Å². The van der Waals surface area contributed by atoms with Crippen molar-refractivity contribution in [2.45, 2.75) is 114 Å². The molecule has 0 radical (unpaired) electrons. The quantitative estimate of drug-likeness (QED) is 0.191. The molecule has 2 aromatic rings. The number of hydrogen-bond acceptors (Lipinski definition) is 3. The topological polar surface area (TPSA) is 44.7 Å². The van der Waals surface area contributed by atoms with Gasteiger partial charge in [0.15, 0.2) is 0 Å². The van der Waals surface area contributed by atoms with Crippen molar-refractivity contribution in [2.75, 3.05) is 24.5 Å². The lowest BCUT2D eigenvalue weighted by Gasteiger charge is -2.25. The zero-order valence-corrected chi connectivity index (χ0v) is 30.2. The molecule has 1 heterocycles. The zero-order valence-electron chi connectivity index (χ0n) is 30.2. The molecule has 1 aliphatic carbocycles. The molecule has 0 atom stereocenters. The summed E-state index contributed by atoms with van der Waals surface area (Å²) >= 11 is 0. The van der Waals surface area contributed by atoms with Gasteiger partial charge in [0.1, 0.15) is 0 Å². The highest BCUT2D eigenvalue weighted by molar-refractivity contribution is 5.94. The highest BCUT2D eigenvalue weighted by atomic mass is 16.1. The average Bonchev–Trinajstić information content (AvgIpc) is 3.75. The first-order chi connectivity index (χ1) is 21.5. The van der Waals surface area contributed by atoms with E-state index in [4.69, 9.17) is 0 Å². The van der Waals surface area contributed by atoms with E-state index in [1.165, 1.54) is 66.9 Å². The first-order valence-corrected chi connectivity index (χ1v) is 17.2. The van der Waals surface area contributed by atoms with Crippen molar-refractivity contribution in [1.82, 2.24) is 5.32 Å². The Morgan fingerprint density at radius 1 is 0.889 bits per heavy atom. The van der Waals surface area contributed by atoms with Crippen LogP contribution in [-0.4, -0.2) is 31.3 Å². The summed E-state index contributed by atoms with van der Waals surface area (Å²) in [6.07, 6.45) is 11.7. The fourth-order valence-electron chi connectivity index (χ4n) is 4.57. The van der Waals surface area contributed by atoms with E-state index < -0.39 is 0 Å². The van der Waals surface area contributed by atoms with E-state index in [-0.39, 0.29) is 5.91 Å². The van der Waals surface area contributed by atoms with Crippen LogP contribution in [0, 0.1) is 26.7 Å². The van der Waals surface area contributed by atoms with Crippen LogP contribution in [0.4, 0.5) is 5.69 Å². The maximum Gasteiger partial charge on any atom is 0.251 e. The van der Waals surface area contributed by atoms with E-state index >= 15 is 0 Å². The van der Waals surface area contributed by atoms with Crippen LogP contribution < -0.4 is 10.2 Å². The largest absolute Gasteiger partial charge is 0.371 e. The van der Waals surface area contributed by atoms with Gasteiger partial charge in [0.25, 0.3) is 5.91 Å². The predicted octanol–water partition coefficient (Wildman–Crippen LogP) is 11.1. The summed E-state index contributed by atoms with van der Waals surface area (Å²) in [5, 5.41) is 2.91. The van der Waals surface area contributed by atoms with Crippen molar-refractivity contribution >= 4 is 17.3 Å². The molecule has 1 fully saturated rings. The molecule has 1 amide bonds. The lowest BCUT2D eigenvalue weighted by molar-refractivity contribution is 0.0953. The van der Waals surface area contributed by atoms with Gasteiger partial charge in [-0.15, -0.1) is 6.58 Å². The van der Waals surface area contributed by atoms with Gasteiger partial charge in [0.05, 0.1) is 5.70 Å². The number of hydrogen-bond donors (Lipinski definition) is 1. The molecule has 1 saturated carbocycles. The second kappa shape index (κ2) is 22.2. The van der Waals surface area contributed by atoms with Gasteiger partial charge in [0.2, 0.25) is 0 Å². The summed E-state index contributed by atoms with van der Waals surface area (Å²) in [5.41, 5.74) is 10.8. The zero-order chi connectivity index (χ0) is 33.8. The van der Waals surface area contributed by atoms with Gasteiger partial charge in [-0.3, -0.25) is 9.79 Å². The van der Waals surface area contributed by atoms with Crippen molar-refractivity contribution < 1.29 is 4.79 Å². The molecule has 0 bridgehead atoms. The summed E-state index contributed by atoms with van der Waals surface area (Å²) in [6, 6.07) is 14.5. The number of amides is 1. The smallest absolute Gasteiger partial charge is 0.251 e. The van der Waals surface area contributed by atoms with E-state index in [1.807, 2.05) is 45.9 Å². The van der Waals surface area contributed by atoms with Gasteiger partial charge in [-0.2, -0.15) is 0 Å². The Morgan fingerprint density at radius 2 is 1.51 bits per heavy atom. The number of nitrogens with zero attached hydrogens (tertiary/aromatic N) is 2. The Balaban J connectivity index is 0.000000316. The minimum absolute atomic E-state index is 0.0338. The molecule has 1 aliphatic heterocycles. The normalized spacial score (nSPS) is 13.0. The third-order valence-corrected chi connectivity index (χ3v) is 7.89. The Labute approximate surface area is 276 Å². The molecule has 0 spiro atoms. The second-order valence-electron chi connectivity index (χ2n) is 12.4. The third kappa shape index (κ3) is 15.9. The summed E-state index contributed by atoms with van der Waals surface area (Å²) in [5.74, 6) is 0.856. The maximum atomic E-state index is 11.7. The minimum atomic E-state index is 0.0338. The summed E-state index contributed by atoms with van der Waals surface area (Å²) in [4.78, 5) is 18.7. The van der Waals surface area contributed by atoms with E-state index in [0.29, 0.717) is 0 Å². The number of carbonyl (C=O) groups excluding carboxylic acids is 1. The van der Waals surface area contributed by atoms with E-state index in [1.54, 1.807) is 0 Å². The number of aliphatic imine (C=N–C) groups is 1. The monoisotopic (exact) mass is 613 g/mol. The number of unbranched alkanes of at least 4 members (excludes halogenated alkanes) is 1. The highest BCUT2D eigenvalue weighted by Gasteiger charge is 2.28. The first kappa shape index (κ1) is 39.6. The first-order valence-electron chi connectivity index (χ1n) is 17.2. The van der Waals surface area contributed by atoms with E-state index in [9.17, 15) is 4.79 Å². The Hall–Kier alpha value is -3.40. The van der Waals surface area contributed by atoms with Crippen LogP contribution >= 0.6 is 0 Å². The SMILES string of the molecule is C=C(C)C1=CCC(C2CC2)=N1.C=C(C)CC.CCCCNC(=O)c1ccc(C)c(C)c1.CCCN(CCC)c1ccccc1C. The number of rotatable bonds is 12. The van der Waals surface area contributed by atoms with Crippen molar-refractivity contribution in [1.29, 1.82) is 0 Å². The number of benzene rings is 2. The Kier molecular flexibility index (Phi) is 19.5. The maximum absolute atomic E-state index is 11.7. The molecule has 4 nitrogen and oxygen atoms in total. The summed E-state index contributed by atoms with van der Waals surface area (Å²) < 4.78 is 0. The molecule has 4 rings (SSSR count). The molecule has 1 N–H and O–H groups in total. The van der Waals surface area contributed by atoms with Gasteiger partial charge in [-0.1, -0.05) is 76.6 Å². The third-order valence-electron chi connectivity index (χ3n) is 7.89. The van der Waals surface area contributed by atoms with Crippen LogP contribution in [0.2, 0.25) is 0 Å². The van der Waals surface area contributed by atoms with Crippen LogP contribution in [0.1, 0.15) is 120 Å². The van der Waals surface area contributed by atoms with Gasteiger partial charge >= 0.3 is 0 Å². The minimum Gasteiger partial charge on any atom is -0.371 e. The van der Waals surface area contributed by atoms with Crippen LogP contribution in [0.5, 0.6) is 0 Å². The molecular weight excluding hydrogens is 550 g/mol. The summed E-state index contributed by atoms with van der Waals surface area (Å²) in [7, 11) is 0. The number of anilines is 1. The molecule has 2 aliphatic rings. The average molecular weight is 614 g/mol. The van der Waals surface area contributed by atoms with Crippen molar-refractivity contribution in [3.63, 3.8) is 0 Å². The van der Waals surface area contributed by atoms with Gasteiger partial charge < -0.3 is 10.2 Å². The number of aryl methyl sites for hydroxylation is 3. The molecule has 0 saturated heterocycles. The van der Waals surface area contributed by atoms with Crippen LogP contribution in [0.15, 0.2) is 83.5 Å². The molecule has 248 valence electrons. The predicted molar refractivity (Wildman–Crippen MR) is 200 cm³/mol. The molecule has 0 unspecified atom stereocenters. The molecule has 0 aromatic heterocycles. The molecule has 4 heteroatoms. The van der Waals surface area contributed by atoms with E-state index in [2.05, 4.69) is 93.3 Å². The lowest BCUT2D eigenvalue weighted by Crippen LogP contribution is -2.25. The Bertz CT molecular complexity index is 1260. The highest BCUT2D eigenvalue weighted by Crippen LogP contribution is 2.35. The van der Waals surface area contributed by atoms with Crippen LogP contribution in [-0.2, 0) is 0 Å². The van der Waals surface area contributed by atoms with Gasteiger partial charge in [0, 0.05) is 43.0 Å². The van der Waals surface area contributed by atoms with Crippen molar-refractivity contribution in [3.05, 3.63) is 101 Å². The number of para-hydroxylation sites is 1. The van der Waals surface area contributed by atoms with Crippen molar-refractivity contribution in [2.24, 2.45) is 10.9 Å². The number of nitrogens with one attached hydrogen (secondary N) is 1. The fraction of sp³-hybridized carbons (Fsp3) is 0.512. The summed E-state index contributed by atoms with van der Waals surface area (Å²) in [6.45, 7) is 29.6. The standard InChI is InChI=1S/C13H19NO.C13H21N.C10H13N.C5H10/c1-4-5-8-14-13(15)12-7-6-10(2)11(3)9-12;1-4-10-14(11-5-2)13-9-7-6-8-12(13)3;1-7(2)9-5-6-10(11-9)8-3-4-8;1-4-5(2)3/h6-7,9H,4-5,8H2,1-3H3,(H,14,15);6-9H,4-5,10-11H2,1-3H3;5,8H,1,3-4,6H2,2H3;2,4H2,1,3H3. The molecule has 45 heavy (non-hydrogen) atoms. The molecule has 2 aromatic carbocycles.